The van der Waals surface area contributed by atoms with Crippen LogP contribution in [0.3, 0.4) is 0 Å². The third-order valence-electron chi connectivity index (χ3n) is 5.07. The Balaban J connectivity index is 2.30. The first-order valence-corrected chi connectivity index (χ1v) is 9.75. The van der Waals surface area contributed by atoms with Gasteiger partial charge in [-0.3, -0.25) is 4.98 Å². The van der Waals surface area contributed by atoms with E-state index in [1.54, 1.807) is 0 Å². The average molecular weight is 383 g/mol. The molecule has 1 aliphatic rings. The molecule has 3 rings (SSSR count). The molecule has 0 fully saturated rings. The number of ether oxygens (including phenoxy) is 1. The molecule has 2 heterocycles. The summed E-state index contributed by atoms with van der Waals surface area (Å²) in [5.41, 5.74) is 6.13. The zero-order valence-electron chi connectivity index (χ0n) is 17.7. The molecule has 0 saturated heterocycles. The van der Waals surface area contributed by atoms with E-state index < -0.39 is 17.7 Å². The number of pyridine rings is 1. The Hall–Kier alpha value is -2.24. The van der Waals surface area contributed by atoms with Crippen molar-refractivity contribution in [3.05, 3.63) is 52.3 Å². The van der Waals surface area contributed by atoms with E-state index in [0.29, 0.717) is 5.56 Å². The summed E-state index contributed by atoms with van der Waals surface area (Å²) in [6, 6.07) is 8.26. The molecule has 0 spiro atoms. The fraction of sp³-hybridized carbons (Fsp3) is 0.478. The number of aliphatic carboxylic acids is 1. The summed E-state index contributed by atoms with van der Waals surface area (Å²) in [6.45, 7) is 11.3. The van der Waals surface area contributed by atoms with Crippen molar-refractivity contribution >= 4 is 5.97 Å². The van der Waals surface area contributed by atoms with Crippen molar-refractivity contribution in [2.45, 2.75) is 59.3 Å². The molecule has 2 aromatic rings. The van der Waals surface area contributed by atoms with Gasteiger partial charge in [0.15, 0.2) is 6.10 Å². The predicted molar refractivity (Wildman–Crippen MR) is 110 cm³/mol. The van der Waals surface area contributed by atoms with E-state index in [2.05, 4.69) is 43.1 Å². The van der Waals surface area contributed by atoms with E-state index in [0.717, 1.165) is 47.6 Å². The Morgan fingerprint density at radius 3 is 2.43 bits per heavy atom. The number of benzene rings is 1. The van der Waals surface area contributed by atoms with Gasteiger partial charge in [0, 0.05) is 36.5 Å². The van der Waals surface area contributed by atoms with E-state index in [1.165, 1.54) is 5.56 Å². The Kier molecular flexibility index (Phi) is 5.60. The van der Waals surface area contributed by atoms with Gasteiger partial charge in [-0.1, -0.05) is 29.8 Å². The van der Waals surface area contributed by atoms with Gasteiger partial charge in [-0.15, -0.1) is 0 Å². The van der Waals surface area contributed by atoms with E-state index in [9.17, 15) is 9.90 Å². The van der Waals surface area contributed by atoms with Crippen LogP contribution in [0.25, 0.3) is 11.1 Å². The van der Waals surface area contributed by atoms with Gasteiger partial charge in [-0.2, -0.15) is 0 Å². The van der Waals surface area contributed by atoms with Crippen LogP contribution in [-0.4, -0.2) is 40.2 Å². The first kappa shape index (κ1) is 20.5. The van der Waals surface area contributed by atoms with Crippen molar-refractivity contribution < 1.29 is 14.6 Å². The molecular weight excluding hydrogens is 352 g/mol. The molecular formula is C23H30N2O3. The number of aromatic nitrogens is 1. The van der Waals surface area contributed by atoms with Gasteiger partial charge in [0.1, 0.15) is 0 Å². The number of hydrogen-bond acceptors (Lipinski definition) is 4. The van der Waals surface area contributed by atoms with Crippen LogP contribution < -0.4 is 0 Å². The fourth-order valence-electron chi connectivity index (χ4n) is 3.80. The second-order valence-corrected chi connectivity index (χ2v) is 8.71. The van der Waals surface area contributed by atoms with Crippen LogP contribution in [0.1, 0.15) is 55.0 Å². The summed E-state index contributed by atoms with van der Waals surface area (Å²) < 4.78 is 6.02. The lowest BCUT2D eigenvalue weighted by Gasteiger charge is -2.32. The molecule has 0 bridgehead atoms. The third kappa shape index (κ3) is 4.26. The largest absolute Gasteiger partial charge is 0.479 e. The Bertz CT molecular complexity index is 882. The number of aryl methyl sites for hydroxylation is 2. The number of rotatable bonds is 4. The van der Waals surface area contributed by atoms with E-state index in [1.807, 2.05) is 27.7 Å². The second kappa shape index (κ2) is 7.64. The normalized spacial score (nSPS) is 15.9. The van der Waals surface area contributed by atoms with Crippen LogP contribution in [-0.2, 0) is 22.5 Å². The van der Waals surface area contributed by atoms with Crippen LogP contribution in [0.15, 0.2) is 24.3 Å². The minimum absolute atomic E-state index is 0.591. The topological polar surface area (TPSA) is 62.7 Å². The molecule has 1 atom stereocenters. The number of nitrogens with zero attached hydrogens (tertiary/aromatic N) is 2. The van der Waals surface area contributed by atoms with Gasteiger partial charge in [0.25, 0.3) is 0 Å². The number of hydrogen-bond donors (Lipinski definition) is 1. The highest BCUT2D eigenvalue weighted by Crippen LogP contribution is 2.39. The molecule has 5 heteroatoms. The van der Waals surface area contributed by atoms with Crippen molar-refractivity contribution in [2.24, 2.45) is 0 Å². The molecule has 1 N–H and O–H groups in total. The zero-order chi connectivity index (χ0) is 20.6. The predicted octanol–water partition coefficient (Wildman–Crippen LogP) is 4.29. The van der Waals surface area contributed by atoms with Crippen LogP contribution in [0, 0.1) is 13.8 Å². The molecule has 0 aliphatic carbocycles. The maximum atomic E-state index is 12.2. The third-order valence-corrected chi connectivity index (χ3v) is 5.07. The van der Waals surface area contributed by atoms with Gasteiger partial charge in [-0.05, 0) is 58.4 Å². The highest BCUT2D eigenvalue weighted by atomic mass is 16.5. The summed E-state index contributed by atoms with van der Waals surface area (Å²) in [5, 5.41) is 10.0. The molecule has 5 nitrogen and oxygen atoms in total. The second-order valence-electron chi connectivity index (χ2n) is 8.71. The molecule has 1 aromatic carbocycles. The van der Waals surface area contributed by atoms with Crippen LogP contribution >= 0.6 is 0 Å². The lowest BCUT2D eigenvalue weighted by molar-refractivity contribution is -0.160. The molecule has 1 aromatic heterocycles. The summed E-state index contributed by atoms with van der Waals surface area (Å²) >= 11 is 0. The van der Waals surface area contributed by atoms with Crippen molar-refractivity contribution in [1.82, 2.24) is 9.88 Å². The fourth-order valence-corrected chi connectivity index (χ4v) is 3.80. The minimum Gasteiger partial charge on any atom is -0.479 e. The molecule has 1 aliphatic heterocycles. The highest BCUT2D eigenvalue weighted by Gasteiger charge is 2.34. The standard InChI is InChI=1S/C23H30N2O3/c1-14-7-9-16(10-8-14)20-17-13-25(6)12-11-18(17)24-15(2)19(20)21(22(26)27)28-23(3,4)5/h7-10,21H,11-13H2,1-6H3,(H,26,27). The van der Waals surface area contributed by atoms with Crippen molar-refractivity contribution in [2.75, 3.05) is 13.6 Å². The van der Waals surface area contributed by atoms with Crippen LogP contribution in [0.2, 0.25) is 0 Å². The molecule has 0 amide bonds. The van der Waals surface area contributed by atoms with Crippen LogP contribution in [0.4, 0.5) is 0 Å². The van der Waals surface area contributed by atoms with E-state index in [-0.39, 0.29) is 0 Å². The summed E-state index contributed by atoms with van der Waals surface area (Å²) in [5.74, 6) is -0.989. The Morgan fingerprint density at radius 2 is 1.86 bits per heavy atom. The summed E-state index contributed by atoms with van der Waals surface area (Å²) in [7, 11) is 2.09. The first-order valence-electron chi connectivity index (χ1n) is 9.75. The van der Waals surface area contributed by atoms with Gasteiger partial charge in [0.05, 0.1) is 5.60 Å². The highest BCUT2D eigenvalue weighted by molar-refractivity contribution is 5.82. The molecule has 28 heavy (non-hydrogen) atoms. The summed E-state index contributed by atoms with van der Waals surface area (Å²) in [4.78, 5) is 19.3. The van der Waals surface area contributed by atoms with Gasteiger partial charge >= 0.3 is 5.97 Å². The van der Waals surface area contributed by atoms with E-state index >= 15 is 0 Å². The lowest BCUT2D eigenvalue weighted by Crippen LogP contribution is -2.31. The number of carbonyl (C=O) groups is 1. The Labute approximate surface area is 167 Å². The molecule has 0 saturated carbocycles. The smallest absolute Gasteiger partial charge is 0.337 e. The average Bonchev–Trinajstić information content (AvgIpc) is 2.59. The molecule has 0 radical (unpaired) electrons. The minimum atomic E-state index is -1.07. The number of likely N-dealkylation sites (N-methyl/N-ethyl adjacent to an activating group) is 1. The molecule has 150 valence electrons. The Morgan fingerprint density at radius 1 is 1.21 bits per heavy atom. The molecule has 1 unspecified atom stereocenters. The van der Waals surface area contributed by atoms with Crippen molar-refractivity contribution in [3.63, 3.8) is 0 Å². The van der Waals surface area contributed by atoms with Crippen molar-refractivity contribution in [1.29, 1.82) is 0 Å². The maximum Gasteiger partial charge on any atom is 0.337 e. The maximum absolute atomic E-state index is 12.2. The van der Waals surface area contributed by atoms with Gasteiger partial charge < -0.3 is 14.7 Å². The lowest BCUT2D eigenvalue weighted by atomic mass is 9.87. The van der Waals surface area contributed by atoms with Gasteiger partial charge in [-0.25, -0.2) is 4.79 Å². The van der Waals surface area contributed by atoms with E-state index in [4.69, 9.17) is 9.72 Å². The first-order chi connectivity index (χ1) is 13.1. The quantitative estimate of drug-likeness (QED) is 0.854. The number of carboxylic acid groups (broad SMARTS) is 1. The van der Waals surface area contributed by atoms with Crippen molar-refractivity contribution in [3.8, 4) is 11.1 Å². The van der Waals surface area contributed by atoms with Crippen LogP contribution in [0.5, 0.6) is 0 Å². The monoisotopic (exact) mass is 382 g/mol. The SMILES string of the molecule is Cc1ccc(-c2c3c(nc(C)c2C(OC(C)(C)C)C(=O)O)CCN(C)C3)cc1. The number of carboxylic acids is 1. The van der Waals surface area contributed by atoms with Gasteiger partial charge in [0.2, 0.25) is 0 Å². The number of fused-ring (bicyclic) bond motifs is 1. The zero-order valence-corrected chi connectivity index (χ0v) is 17.7. The summed E-state index contributed by atoms with van der Waals surface area (Å²) in [6.07, 6.45) is -0.203.